The average molecular weight is 264 g/mol. The van der Waals surface area contributed by atoms with Gasteiger partial charge in [-0.25, -0.2) is 4.39 Å². The summed E-state index contributed by atoms with van der Waals surface area (Å²) in [5.74, 6) is 0.416. The van der Waals surface area contributed by atoms with E-state index in [1.807, 2.05) is 11.9 Å². The Morgan fingerprint density at radius 2 is 2.11 bits per heavy atom. The Morgan fingerprint density at radius 3 is 2.68 bits per heavy atom. The van der Waals surface area contributed by atoms with Crippen LogP contribution in [0.4, 0.5) is 4.39 Å². The molecule has 1 aliphatic rings. The quantitative estimate of drug-likeness (QED) is 0.907. The van der Waals surface area contributed by atoms with Crippen LogP contribution in [0.2, 0.25) is 0 Å². The minimum atomic E-state index is -0.260. The predicted molar refractivity (Wildman–Crippen MR) is 73.7 cm³/mol. The third-order valence-corrected chi connectivity index (χ3v) is 3.80. The van der Waals surface area contributed by atoms with E-state index in [-0.39, 0.29) is 11.7 Å². The molecule has 0 spiro atoms. The van der Waals surface area contributed by atoms with Crippen molar-refractivity contribution in [1.82, 2.24) is 10.2 Å². The molecule has 2 rings (SSSR count). The molecule has 3 nitrogen and oxygen atoms in total. The number of nitrogens with zero attached hydrogens (tertiary/aromatic N) is 1. The van der Waals surface area contributed by atoms with E-state index in [1.54, 1.807) is 19.1 Å². The second-order valence-electron chi connectivity index (χ2n) is 5.26. The summed E-state index contributed by atoms with van der Waals surface area (Å²) in [6.07, 6.45) is 2.07. The Balaban J connectivity index is 1.99. The third-order valence-electron chi connectivity index (χ3n) is 3.80. The van der Waals surface area contributed by atoms with Gasteiger partial charge in [-0.15, -0.1) is 0 Å². The van der Waals surface area contributed by atoms with Crippen molar-refractivity contribution in [3.8, 4) is 0 Å². The highest BCUT2D eigenvalue weighted by Crippen LogP contribution is 2.19. The van der Waals surface area contributed by atoms with Gasteiger partial charge in [-0.1, -0.05) is 0 Å². The van der Waals surface area contributed by atoms with Crippen molar-refractivity contribution < 1.29 is 9.18 Å². The lowest BCUT2D eigenvalue weighted by molar-refractivity contribution is 0.0691. The Morgan fingerprint density at radius 1 is 1.42 bits per heavy atom. The largest absolute Gasteiger partial charge is 0.339 e. The van der Waals surface area contributed by atoms with Gasteiger partial charge in [0.25, 0.3) is 5.91 Å². The molecule has 1 aromatic rings. The van der Waals surface area contributed by atoms with E-state index in [2.05, 4.69) is 5.32 Å². The standard InChI is InChI=1S/C15H21FN2O/c1-11-9-13(3-4-14(11)16)15(19)18-7-5-12(6-8-18)10-17-2/h3-4,9,12,17H,5-8,10H2,1-2H3. The minimum absolute atomic E-state index is 0.0195. The molecule has 0 unspecified atom stereocenters. The van der Waals surface area contributed by atoms with Crippen molar-refractivity contribution in [3.05, 3.63) is 35.1 Å². The molecule has 0 aromatic heterocycles. The number of amides is 1. The topological polar surface area (TPSA) is 32.3 Å². The highest BCUT2D eigenvalue weighted by molar-refractivity contribution is 5.94. The predicted octanol–water partition coefficient (Wildman–Crippen LogP) is 2.21. The molecule has 0 aliphatic carbocycles. The van der Waals surface area contributed by atoms with Crippen LogP contribution >= 0.6 is 0 Å². The first-order valence-electron chi connectivity index (χ1n) is 6.82. The maximum absolute atomic E-state index is 13.2. The van der Waals surface area contributed by atoms with E-state index in [0.717, 1.165) is 32.5 Å². The summed E-state index contributed by atoms with van der Waals surface area (Å²) in [5, 5.41) is 3.18. The third kappa shape index (κ3) is 3.32. The number of hydrogen-bond acceptors (Lipinski definition) is 2. The number of halogens is 1. The van der Waals surface area contributed by atoms with Crippen molar-refractivity contribution in [2.24, 2.45) is 5.92 Å². The number of carbonyl (C=O) groups is 1. The minimum Gasteiger partial charge on any atom is -0.339 e. The van der Waals surface area contributed by atoms with Crippen LogP contribution in [-0.4, -0.2) is 37.5 Å². The lowest BCUT2D eigenvalue weighted by atomic mass is 9.96. The van der Waals surface area contributed by atoms with Gasteiger partial charge in [0.15, 0.2) is 0 Å². The number of rotatable bonds is 3. The molecule has 0 bridgehead atoms. The van der Waals surface area contributed by atoms with Gasteiger partial charge in [-0.05, 0) is 63.0 Å². The van der Waals surface area contributed by atoms with E-state index >= 15 is 0 Å². The Kier molecular flexibility index (Phi) is 4.53. The number of piperidine rings is 1. The number of hydrogen-bond donors (Lipinski definition) is 1. The Bertz CT molecular complexity index is 453. The van der Waals surface area contributed by atoms with Crippen LogP contribution < -0.4 is 5.32 Å². The van der Waals surface area contributed by atoms with E-state index in [0.29, 0.717) is 17.0 Å². The average Bonchev–Trinajstić information content (AvgIpc) is 2.42. The fourth-order valence-electron chi connectivity index (χ4n) is 2.59. The molecule has 1 aromatic carbocycles. The molecule has 0 atom stereocenters. The van der Waals surface area contributed by atoms with Crippen molar-refractivity contribution in [3.63, 3.8) is 0 Å². The molecule has 1 aliphatic heterocycles. The van der Waals surface area contributed by atoms with E-state index in [1.165, 1.54) is 6.07 Å². The molecule has 0 saturated carbocycles. The first-order valence-corrected chi connectivity index (χ1v) is 6.82. The maximum Gasteiger partial charge on any atom is 0.253 e. The molecule has 1 amide bonds. The molecule has 4 heteroatoms. The van der Waals surface area contributed by atoms with Crippen LogP contribution in [-0.2, 0) is 0 Å². The number of nitrogens with one attached hydrogen (secondary N) is 1. The van der Waals surface area contributed by atoms with E-state index < -0.39 is 0 Å². The zero-order valence-corrected chi connectivity index (χ0v) is 11.6. The molecular weight excluding hydrogens is 243 g/mol. The molecule has 1 saturated heterocycles. The zero-order valence-electron chi connectivity index (χ0n) is 11.6. The number of carbonyl (C=O) groups excluding carboxylic acids is 1. The smallest absolute Gasteiger partial charge is 0.253 e. The summed E-state index contributed by atoms with van der Waals surface area (Å²) in [7, 11) is 1.96. The van der Waals surface area contributed by atoms with Gasteiger partial charge >= 0.3 is 0 Å². The lowest BCUT2D eigenvalue weighted by Crippen LogP contribution is -2.40. The number of aryl methyl sites for hydroxylation is 1. The first kappa shape index (κ1) is 14.0. The van der Waals surface area contributed by atoms with Gasteiger partial charge < -0.3 is 10.2 Å². The van der Waals surface area contributed by atoms with Crippen LogP contribution in [0, 0.1) is 18.7 Å². The molecule has 19 heavy (non-hydrogen) atoms. The summed E-state index contributed by atoms with van der Waals surface area (Å²) in [6, 6.07) is 4.58. The van der Waals surface area contributed by atoms with Crippen molar-refractivity contribution >= 4 is 5.91 Å². The van der Waals surface area contributed by atoms with Crippen molar-refractivity contribution in [2.75, 3.05) is 26.7 Å². The number of benzene rings is 1. The lowest BCUT2D eigenvalue weighted by Gasteiger charge is -2.32. The first-order chi connectivity index (χ1) is 9.11. The summed E-state index contributed by atoms with van der Waals surface area (Å²) in [4.78, 5) is 14.2. The molecule has 1 heterocycles. The SMILES string of the molecule is CNCC1CCN(C(=O)c2ccc(F)c(C)c2)CC1. The van der Waals surface area contributed by atoms with Crippen molar-refractivity contribution in [2.45, 2.75) is 19.8 Å². The molecular formula is C15H21FN2O. The highest BCUT2D eigenvalue weighted by Gasteiger charge is 2.23. The van der Waals surface area contributed by atoms with E-state index in [9.17, 15) is 9.18 Å². The second kappa shape index (κ2) is 6.15. The van der Waals surface area contributed by atoms with Crippen LogP contribution in [0.1, 0.15) is 28.8 Å². The highest BCUT2D eigenvalue weighted by atomic mass is 19.1. The zero-order chi connectivity index (χ0) is 13.8. The van der Waals surface area contributed by atoms with Crippen LogP contribution in [0.5, 0.6) is 0 Å². The normalized spacial score (nSPS) is 16.7. The van der Waals surface area contributed by atoms with Crippen molar-refractivity contribution in [1.29, 1.82) is 0 Å². The molecule has 1 fully saturated rings. The van der Waals surface area contributed by atoms with Gasteiger partial charge in [0.05, 0.1) is 0 Å². The second-order valence-corrected chi connectivity index (χ2v) is 5.26. The van der Waals surface area contributed by atoms with E-state index in [4.69, 9.17) is 0 Å². The molecule has 1 N–H and O–H groups in total. The van der Waals surface area contributed by atoms with Crippen LogP contribution in [0.15, 0.2) is 18.2 Å². The summed E-state index contributed by atoms with van der Waals surface area (Å²) >= 11 is 0. The van der Waals surface area contributed by atoms with Gasteiger partial charge in [0.1, 0.15) is 5.82 Å². The molecule has 0 radical (unpaired) electrons. The monoisotopic (exact) mass is 264 g/mol. The van der Waals surface area contributed by atoms with Gasteiger partial charge in [-0.3, -0.25) is 4.79 Å². The fraction of sp³-hybridized carbons (Fsp3) is 0.533. The summed E-state index contributed by atoms with van der Waals surface area (Å²) < 4.78 is 13.2. The summed E-state index contributed by atoms with van der Waals surface area (Å²) in [6.45, 7) is 4.28. The van der Waals surface area contributed by atoms with Gasteiger partial charge in [0.2, 0.25) is 0 Å². The summed E-state index contributed by atoms with van der Waals surface area (Å²) in [5.41, 5.74) is 1.11. The van der Waals surface area contributed by atoms with Crippen LogP contribution in [0.3, 0.4) is 0 Å². The van der Waals surface area contributed by atoms with Gasteiger partial charge in [-0.2, -0.15) is 0 Å². The fourth-order valence-corrected chi connectivity index (χ4v) is 2.59. The van der Waals surface area contributed by atoms with Gasteiger partial charge in [0, 0.05) is 18.7 Å². The number of likely N-dealkylation sites (tertiary alicyclic amines) is 1. The van der Waals surface area contributed by atoms with Crippen LogP contribution in [0.25, 0.3) is 0 Å². The Hall–Kier alpha value is -1.42. The Labute approximate surface area is 113 Å². The molecule has 104 valence electrons. The maximum atomic E-state index is 13.2.